The number of nitrogens with two attached hydrogens (primary N) is 1. The smallest absolute Gasteiger partial charge is 0.280 e. The number of para-hydroxylation sites is 1. The van der Waals surface area contributed by atoms with Crippen LogP contribution in [0.4, 0.5) is 5.95 Å². The van der Waals surface area contributed by atoms with Gasteiger partial charge in [0.2, 0.25) is 5.95 Å². The first kappa shape index (κ1) is 18.2. The molecule has 3 aromatic rings. The van der Waals surface area contributed by atoms with Crippen LogP contribution in [0, 0.1) is 0 Å². The fraction of sp³-hybridized carbons (Fsp3) is 0.312. The lowest BCUT2D eigenvalue weighted by atomic mass is 10.2. The summed E-state index contributed by atoms with van der Waals surface area (Å²) in [4.78, 5) is 23.5. The molecular formula is C16H18N5O4PS. The average Bonchev–Trinajstić information content (AvgIpc) is 3.07. The second kappa shape index (κ2) is 7.85. The fourth-order valence-electron chi connectivity index (χ4n) is 2.71. The van der Waals surface area contributed by atoms with Gasteiger partial charge in [0.1, 0.15) is 12.1 Å². The van der Waals surface area contributed by atoms with Gasteiger partial charge in [-0.1, -0.05) is 12.1 Å². The minimum Gasteiger partial charge on any atom is -0.444 e. The van der Waals surface area contributed by atoms with Gasteiger partial charge in [0.25, 0.3) is 13.9 Å². The largest absolute Gasteiger partial charge is 0.444 e. The van der Waals surface area contributed by atoms with E-state index in [1.807, 2.05) is 24.5 Å². The Morgan fingerprint density at radius 2 is 2.37 bits per heavy atom. The second-order valence-corrected chi connectivity index (χ2v) is 7.96. The normalized spacial score (nSPS) is 16.3. The lowest BCUT2D eigenvalue weighted by Gasteiger charge is -2.26. The van der Waals surface area contributed by atoms with Crippen molar-refractivity contribution in [1.82, 2.24) is 19.5 Å². The third-order valence-corrected chi connectivity index (χ3v) is 5.96. The Morgan fingerprint density at radius 3 is 3.22 bits per heavy atom. The molecule has 11 heteroatoms. The van der Waals surface area contributed by atoms with E-state index in [0.717, 1.165) is 16.2 Å². The van der Waals surface area contributed by atoms with Gasteiger partial charge in [-0.05, 0) is 12.3 Å². The number of nitrogen functional groups attached to an aromatic ring is 1. The molecule has 0 bridgehead atoms. The van der Waals surface area contributed by atoms with Crippen LogP contribution >= 0.6 is 20.1 Å². The summed E-state index contributed by atoms with van der Waals surface area (Å²) in [6.45, 7) is 1.42. The molecule has 1 unspecified atom stereocenters. The van der Waals surface area contributed by atoms with E-state index in [-0.39, 0.29) is 17.0 Å². The number of anilines is 1. The molecule has 0 spiro atoms. The summed E-state index contributed by atoms with van der Waals surface area (Å²) in [7, 11) is -1.15. The molecule has 0 fully saturated rings. The lowest BCUT2D eigenvalue weighted by Crippen LogP contribution is -2.14. The van der Waals surface area contributed by atoms with Gasteiger partial charge < -0.3 is 24.1 Å². The molecular weight excluding hydrogens is 389 g/mol. The van der Waals surface area contributed by atoms with Crippen LogP contribution < -0.4 is 15.8 Å². The third kappa shape index (κ3) is 3.79. The molecule has 1 aliphatic heterocycles. The number of ether oxygens (including phenoxy) is 1. The number of aromatic amines is 1. The van der Waals surface area contributed by atoms with Gasteiger partial charge in [0.05, 0.1) is 19.5 Å². The number of hydrogen-bond acceptors (Lipinski definition) is 8. The van der Waals surface area contributed by atoms with Crippen LogP contribution in [0.5, 0.6) is 5.75 Å². The standard InChI is InChI=1S/C16H18N5O4PS/c1-27-11-4-2-3-10-7-24-26(25-13(10)11)9-23-6-5-21-8-18-12-14(21)19-16(17)20-15(12)22/h2-4,8H,5-7,9H2,1H3,(H3,17,19,20,22). The van der Waals surface area contributed by atoms with Gasteiger partial charge in [-0.15, -0.1) is 11.8 Å². The maximum Gasteiger partial charge on any atom is 0.280 e. The summed E-state index contributed by atoms with van der Waals surface area (Å²) in [5.41, 5.74) is 6.99. The molecule has 0 saturated heterocycles. The van der Waals surface area contributed by atoms with Crippen LogP contribution in [0.3, 0.4) is 0 Å². The van der Waals surface area contributed by atoms with Crippen molar-refractivity contribution in [2.75, 3.05) is 24.9 Å². The van der Waals surface area contributed by atoms with Gasteiger partial charge in [0.15, 0.2) is 11.2 Å². The first-order valence-corrected chi connectivity index (χ1v) is 10.8. The summed E-state index contributed by atoms with van der Waals surface area (Å²) in [6, 6.07) is 6.05. The van der Waals surface area contributed by atoms with E-state index < -0.39 is 8.38 Å². The number of imidazole rings is 1. The zero-order chi connectivity index (χ0) is 18.8. The predicted molar refractivity (Wildman–Crippen MR) is 104 cm³/mol. The van der Waals surface area contributed by atoms with E-state index in [1.54, 1.807) is 22.7 Å². The molecule has 9 nitrogen and oxygen atoms in total. The number of benzene rings is 1. The average molecular weight is 407 g/mol. The molecule has 3 heterocycles. The highest BCUT2D eigenvalue weighted by atomic mass is 32.2. The molecule has 4 rings (SSSR count). The van der Waals surface area contributed by atoms with Crippen LogP contribution in [0.25, 0.3) is 11.2 Å². The number of aromatic nitrogens is 4. The van der Waals surface area contributed by atoms with E-state index in [2.05, 4.69) is 15.0 Å². The Labute approximate surface area is 160 Å². The van der Waals surface area contributed by atoms with Crippen LogP contribution in [-0.4, -0.2) is 38.7 Å². The Hall–Kier alpha value is -2.13. The first-order chi connectivity index (χ1) is 13.2. The topological polar surface area (TPSA) is 117 Å². The number of thioether (sulfide) groups is 1. The van der Waals surface area contributed by atoms with Crippen LogP contribution in [0.1, 0.15) is 5.56 Å². The van der Waals surface area contributed by atoms with E-state index in [1.165, 1.54) is 0 Å². The summed E-state index contributed by atoms with van der Waals surface area (Å²) < 4.78 is 19.2. The van der Waals surface area contributed by atoms with E-state index in [9.17, 15) is 4.79 Å². The Bertz CT molecular complexity index is 1010. The quantitative estimate of drug-likeness (QED) is 0.363. The maximum absolute atomic E-state index is 11.8. The monoisotopic (exact) mass is 407 g/mol. The van der Waals surface area contributed by atoms with Crippen LogP contribution in [0.15, 0.2) is 34.2 Å². The summed E-state index contributed by atoms with van der Waals surface area (Å²) in [5.74, 6) is 0.955. The summed E-state index contributed by atoms with van der Waals surface area (Å²) in [5, 5.41) is 0. The molecule has 0 radical (unpaired) electrons. The highest BCUT2D eigenvalue weighted by Crippen LogP contribution is 2.49. The maximum atomic E-state index is 11.8. The third-order valence-electron chi connectivity index (χ3n) is 4.00. The van der Waals surface area contributed by atoms with Crippen LogP contribution in [0.2, 0.25) is 0 Å². The molecule has 0 amide bonds. The Balaban J connectivity index is 1.34. The molecule has 0 saturated carbocycles. The van der Waals surface area contributed by atoms with Crippen molar-refractivity contribution in [3.8, 4) is 5.75 Å². The number of hydrogen-bond donors (Lipinski definition) is 2. The summed E-state index contributed by atoms with van der Waals surface area (Å²) in [6.07, 6.45) is 3.93. The minimum absolute atomic E-state index is 0.0610. The molecule has 3 N–H and O–H groups in total. The van der Waals surface area contributed by atoms with Crippen molar-refractivity contribution >= 4 is 37.2 Å². The van der Waals surface area contributed by atoms with Gasteiger partial charge in [-0.25, -0.2) is 4.98 Å². The van der Waals surface area contributed by atoms with E-state index in [4.69, 9.17) is 19.5 Å². The first-order valence-electron chi connectivity index (χ1n) is 8.18. The van der Waals surface area contributed by atoms with Gasteiger partial charge in [-0.2, -0.15) is 4.98 Å². The highest BCUT2D eigenvalue weighted by Gasteiger charge is 2.23. The molecule has 2 aromatic heterocycles. The zero-order valence-corrected chi connectivity index (χ0v) is 16.3. The Kier molecular flexibility index (Phi) is 5.31. The molecule has 1 aromatic carbocycles. The van der Waals surface area contributed by atoms with E-state index >= 15 is 0 Å². The number of nitrogens with zero attached hydrogens (tertiary/aromatic N) is 3. The predicted octanol–water partition coefficient (Wildman–Crippen LogP) is 2.32. The van der Waals surface area contributed by atoms with Gasteiger partial charge >= 0.3 is 0 Å². The van der Waals surface area contributed by atoms with Crippen molar-refractivity contribution < 1.29 is 13.8 Å². The van der Waals surface area contributed by atoms with Gasteiger partial charge in [0, 0.05) is 17.0 Å². The number of H-pyrrole nitrogens is 1. The molecule has 1 atom stereocenters. The van der Waals surface area contributed by atoms with Gasteiger partial charge in [-0.3, -0.25) is 9.78 Å². The number of rotatable bonds is 6. The van der Waals surface area contributed by atoms with Crippen molar-refractivity contribution in [2.24, 2.45) is 0 Å². The van der Waals surface area contributed by atoms with Crippen molar-refractivity contribution in [3.63, 3.8) is 0 Å². The zero-order valence-electron chi connectivity index (χ0n) is 14.5. The highest BCUT2D eigenvalue weighted by molar-refractivity contribution is 7.98. The second-order valence-electron chi connectivity index (χ2n) is 5.74. The number of fused-ring (bicyclic) bond motifs is 2. The van der Waals surface area contributed by atoms with E-state index in [0.29, 0.717) is 31.8 Å². The van der Waals surface area contributed by atoms with Crippen LogP contribution in [-0.2, 0) is 22.4 Å². The molecule has 27 heavy (non-hydrogen) atoms. The van der Waals surface area contributed by atoms with Crippen molar-refractivity contribution in [3.05, 3.63) is 40.4 Å². The summed E-state index contributed by atoms with van der Waals surface area (Å²) >= 11 is 1.65. The SMILES string of the molecule is CSc1cccc2c1OP(COCCn1cnc3c(=O)[nH]c(N)nc31)OC2. The van der Waals surface area contributed by atoms with Crippen molar-refractivity contribution in [2.45, 2.75) is 18.0 Å². The van der Waals surface area contributed by atoms with Crippen molar-refractivity contribution in [1.29, 1.82) is 0 Å². The molecule has 1 aliphatic rings. The Morgan fingerprint density at radius 1 is 1.48 bits per heavy atom. The molecule has 142 valence electrons. The number of nitrogens with one attached hydrogen (secondary N) is 1. The minimum atomic E-state index is -1.15. The molecule has 0 aliphatic carbocycles. The lowest BCUT2D eigenvalue weighted by molar-refractivity contribution is 0.148. The fourth-order valence-corrected chi connectivity index (χ4v) is 4.50.